The molecule has 2 rings (SSSR count). The average molecular weight is 605 g/mol. The van der Waals surface area contributed by atoms with Crippen LogP contribution in [-0.2, 0) is 29.3 Å². The second-order valence-electron chi connectivity index (χ2n) is 9.00. The molecule has 0 radical (unpaired) electrons. The Balaban J connectivity index is 1.90. The van der Waals surface area contributed by atoms with Crippen LogP contribution in [0.2, 0.25) is 0 Å². The van der Waals surface area contributed by atoms with Gasteiger partial charge in [0.25, 0.3) is 0 Å². The van der Waals surface area contributed by atoms with Crippen LogP contribution < -0.4 is 21.2 Å². The van der Waals surface area contributed by atoms with Gasteiger partial charge in [0.05, 0.1) is 16.4 Å². The van der Waals surface area contributed by atoms with Crippen molar-refractivity contribution in [1.29, 1.82) is 0 Å². The van der Waals surface area contributed by atoms with E-state index in [0.29, 0.717) is 17.8 Å². The fraction of sp³-hybridized carbons (Fsp3) is 0.500. The molecule has 2 aromatic rings. The second-order valence-corrected chi connectivity index (χ2v) is 13.6. The summed E-state index contributed by atoms with van der Waals surface area (Å²) >= 11 is 0. The van der Waals surface area contributed by atoms with E-state index >= 15 is 0 Å². The molecule has 39 heavy (non-hydrogen) atoms. The van der Waals surface area contributed by atoms with Crippen LogP contribution in [0.1, 0.15) is 71.1 Å². The van der Waals surface area contributed by atoms with Crippen molar-refractivity contribution in [1.82, 2.24) is 10.4 Å². The van der Waals surface area contributed by atoms with E-state index in [1.807, 2.05) is 0 Å². The highest BCUT2D eigenvalue weighted by Crippen LogP contribution is 2.37. The zero-order chi connectivity index (χ0) is 28.8. The fourth-order valence-corrected chi connectivity index (χ4v) is 5.62. The van der Waals surface area contributed by atoms with E-state index in [0.717, 1.165) is 43.5 Å². The van der Waals surface area contributed by atoms with Gasteiger partial charge in [-0.3, -0.25) is 4.57 Å². The summed E-state index contributed by atoms with van der Waals surface area (Å²) in [5.74, 6) is 0. The number of rotatable bonds is 20. The lowest BCUT2D eigenvalue weighted by Gasteiger charge is -2.22. The van der Waals surface area contributed by atoms with E-state index in [1.165, 1.54) is 62.8 Å². The quantitative estimate of drug-likeness (QED) is 0.0680. The summed E-state index contributed by atoms with van der Waals surface area (Å²) in [6, 6.07) is 9.72. The molecule has 0 atom stereocenters. The number of nitrogens with one attached hydrogen (secondary N) is 4. The Morgan fingerprint density at radius 1 is 0.641 bits per heavy atom. The van der Waals surface area contributed by atoms with Gasteiger partial charge in [0.2, 0.25) is 0 Å². The Labute approximate surface area is 231 Å². The van der Waals surface area contributed by atoms with Crippen molar-refractivity contribution in [3.05, 3.63) is 48.5 Å². The highest BCUT2D eigenvalue weighted by atomic mass is 32.2. The summed E-state index contributed by atoms with van der Waals surface area (Å²) in [7, 11) is -13.0. The largest absolute Gasteiger partial charge is 0.744 e. The normalized spacial score (nSPS) is 12.4. The maximum absolute atomic E-state index is 13.4. The molecule has 2 aromatic carbocycles. The molecule has 4 N–H and O–H groups in total. The van der Waals surface area contributed by atoms with Crippen LogP contribution in [0.15, 0.2) is 58.3 Å². The van der Waals surface area contributed by atoms with Crippen molar-refractivity contribution < 1.29 is 35.0 Å². The first-order chi connectivity index (χ1) is 18.4. The minimum absolute atomic E-state index is 0.178. The molecule has 12 nitrogen and oxygen atoms in total. The highest BCUT2D eigenvalue weighted by molar-refractivity contribution is 7.86. The van der Waals surface area contributed by atoms with Gasteiger partial charge in [-0.1, -0.05) is 64.7 Å². The molecular formula is C24H37N4O8PS2-2. The number of hydrogen-bond acceptors (Lipinski definition) is 10. The van der Waals surface area contributed by atoms with E-state index in [9.17, 15) is 30.5 Å². The number of anilines is 2. The smallest absolute Gasteiger partial charge is 0.375 e. The SMILES string of the molecule is CCCCCCCCCCCCOP(=O)(NNc1ccc(S(=O)(=O)[O-])cc1)NNc1ccc(S(=O)(=O)[O-])cc1. The van der Waals surface area contributed by atoms with E-state index in [2.05, 4.69) is 28.2 Å². The summed E-state index contributed by atoms with van der Waals surface area (Å²) in [6.07, 6.45) is 11.3. The molecule has 0 aliphatic carbocycles. The van der Waals surface area contributed by atoms with Gasteiger partial charge >= 0.3 is 7.67 Å². The van der Waals surface area contributed by atoms with Crippen molar-refractivity contribution in [3.8, 4) is 0 Å². The predicted octanol–water partition coefficient (Wildman–Crippen LogP) is 5.07. The van der Waals surface area contributed by atoms with Gasteiger partial charge in [0.15, 0.2) is 0 Å². The van der Waals surface area contributed by atoms with Crippen molar-refractivity contribution in [2.75, 3.05) is 17.5 Å². The predicted molar refractivity (Wildman–Crippen MR) is 148 cm³/mol. The van der Waals surface area contributed by atoms with E-state index < -0.39 is 37.7 Å². The molecule has 0 aromatic heterocycles. The Morgan fingerprint density at radius 3 is 1.36 bits per heavy atom. The van der Waals surface area contributed by atoms with Crippen LogP contribution in [0.4, 0.5) is 11.4 Å². The van der Waals surface area contributed by atoms with Gasteiger partial charge in [-0.2, -0.15) is 0 Å². The standard InChI is InChI=1S/C24H39N4O8PS2/c1-2-3-4-5-6-7-8-9-10-11-20-36-37(29,27-25-21-12-16-23(17-13-21)38(30,31)32)28-26-22-14-18-24(19-15-22)39(33,34)35/h12-19,25-26H,2-11,20H2,1H3,(H2,27,28,29)(H,30,31,32)(H,33,34,35)/p-2. The molecule has 0 bridgehead atoms. The first-order valence-electron chi connectivity index (χ1n) is 12.9. The Kier molecular flexibility index (Phi) is 13.9. The lowest BCUT2D eigenvalue weighted by atomic mass is 10.1. The van der Waals surface area contributed by atoms with Crippen LogP contribution in [0.25, 0.3) is 0 Å². The molecule has 0 saturated heterocycles. The minimum atomic E-state index is -4.60. The lowest BCUT2D eigenvalue weighted by Crippen LogP contribution is -2.32. The average Bonchev–Trinajstić information content (AvgIpc) is 2.89. The molecule has 0 saturated carbocycles. The summed E-state index contributed by atoms with van der Waals surface area (Å²) in [5, 5.41) is 5.10. The van der Waals surface area contributed by atoms with Crippen molar-refractivity contribution in [2.24, 2.45) is 0 Å². The number of benzene rings is 2. The maximum atomic E-state index is 13.4. The zero-order valence-corrected chi connectivity index (χ0v) is 24.5. The van der Waals surface area contributed by atoms with Crippen LogP contribution in [-0.4, -0.2) is 32.5 Å². The van der Waals surface area contributed by atoms with Crippen LogP contribution in [0.5, 0.6) is 0 Å². The zero-order valence-electron chi connectivity index (χ0n) is 21.9. The molecule has 0 amide bonds. The van der Waals surface area contributed by atoms with E-state index in [1.54, 1.807) is 0 Å². The second kappa shape index (κ2) is 16.3. The molecule has 0 heterocycles. The van der Waals surface area contributed by atoms with Crippen molar-refractivity contribution in [2.45, 2.75) is 80.9 Å². The van der Waals surface area contributed by atoms with Crippen LogP contribution >= 0.6 is 7.67 Å². The Bertz CT molecular complexity index is 1170. The Morgan fingerprint density at radius 2 is 1.00 bits per heavy atom. The summed E-state index contributed by atoms with van der Waals surface area (Å²) in [5.41, 5.74) is 5.95. The topological polar surface area (TPSA) is 189 Å². The lowest BCUT2D eigenvalue weighted by molar-refractivity contribution is 0.291. The third-order valence-electron chi connectivity index (χ3n) is 5.75. The van der Waals surface area contributed by atoms with Crippen molar-refractivity contribution in [3.63, 3.8) is 0 Å². The van der Waals surface area contributed by atoms with Crippen LogP contribution in [0, 0.1) is 0 Å². The number of hydrogen-bond donors (Lipinski definition) is 4. The molecule has 0 fully saturated rings. The highest BCUT2D eigenvalue weighted by Gasteiger charge is 2.23. The summed E-state index contributed by atoms with van der Waals surface area (Å²) in [6.45, 7) is 2.37. The van der Waals surface area contributed by atoms with Gasteiger partial charge in [-0.05, 0) is 55.0 Å². The fourth-order valence-electron chi connectivity index (χ4n) is 3.56. The third-order valence-corrected chi connectivity index (χ3v) is 8.81. The molecule has 0 aliphatic rings. The molecule has 0 aliphatic heterocycles. The van der Waals surface area contributed by atoms with Gasteiger partial charge in [0.1, 0.15) is 20.2 Å². The molecule has 220 valence electrons. The van der Waals surface area contributed by atoms with E-state index in [-0.39, 0.29) is 6.61 Å². The minimum Gasteiger partial charge on any atom is -0.744 e. The Hall–Kier alpha value is -2.03. The molecule has 0 unspecified atom stereocenters. The maximum Gasteiger partial charge on any atom is 0.375 e. The van der Waals surface area contributed by atoms with Crippen LogP contribution in [0.3, 0.4) is 0 Å². The number of hydrazine groups is 2. The van der Waals surface area contributed by atoms with Gasteiger partial charge < -0.3 is 24.5 Å². The summed E-state index contributed by atoms with van der Waals surface area (Å²) in [4.78, 5) is -0.812. The molecular weight excluding hydrogens is 567 g/mol. The molecule has 0 spiro atoms. The van der Waals surface area contributed by atoms with Gasteiger partial charge in [0, 0.05) is 11.4 Å². The first kappa shape index (κ1) is 33.2. The third kappa shape index (κ3) is 13.3. The van der Waals surface area contributed by atoms with E-state index in [4.69, 9.17) is 4.52 Å². The monoisotopic (exact) mass is 604 g/mol. The number of unbranched alkanes of at least 4 members (excludes halogenated alkanes) is 9. The van der Waals surface area contributed by atoms with Gasteiger partial charge in [-0.15, -0.1) is 10.4 Å². The molecule has 15 heteroatoms. The first-order valence-corrected chi connectivity index (χ1v) is 17.3. The van der Waals surface area contributed by atoms with Gasteiger partial charge in [-0.25, -0.2) is 16.8 Å². The van der Waals surface area contributed by atoms with Crippen molar-refractivity contribution >= 4 is 39.3 Å². The summed E-state index contributed by atoms with van der Waals surface area (Å²) < 4.78 is 85.7.